The van der Waals surface area contributed by atoms with Gasteiger partial charge in [0, 0.05) is 12.3 Å². The number of aromatic nitrogens is 4. The van der Waals surface area contributed by atoms with Gasteiger partial charge in [-0.25, -0.2) is 9.97 Å². The summed E-state index contributed by atoms with van der Waals surface area (Å²) in [5.41, 5.74) is 4.15. The van der Waals surface area contributed by atoms with Crippen LogP contribution in [-0.2, 0) is 5.41 Å². The molecule has 0 atom stereocenters. The van der Waals surface area contributed by atoms with E-state index in [2.05, 4.69) is 77.3 Å². The molecule has 29 heavy (non-hydrogen) atoms. The Morgan fingerprint density at radius 3 is 2.00 bits per heavy atom. The molecule has 0 radical (unpaired) electrons. The Labute approximate surface area is 169 Å². The first-order chi connectivity index (χ1) is 13.9. The maximum Gasteiger partial charge on any atom is 0.267 e. The van der Waals surface area contributed by atoms with Crippen LogP contribution in [0.15, 0.2) is 65.3 Å². The lowest BCUT2D eigenvalue weighted by atomic mass is 9.78. The van der Waals surface area contributed by atoms with E-state index in [1.807, 2.05) is 12.1 Å². The van der Waals surface area contributed by atoms with Crippen molar-refractivity contribution in [2.45, 2.75) is 33.1 Å². The highest BCUT2D eigenvalue weighted by molar-refractivity contribution is 5.45. The molecule has 0 unspecified atom stereocenters. The molecule has 0 aliphatic heterocycles. The van der Waals surface area contributed by atoms with Gasteiger partial charge in [0.1, 0.15) is 11.4 Å². The molecule has 0 N–H and O–H groups in total. The summed E-state index contributed by atoms with van der Waals surface area (Å²) in [7, 11) is 0. The highest BCUT2D eigenvalue weighted by atomic mass is 16.5. The van der Waals surface area contributed by atoms with Gasteiger partial charge in [-0.3, -0.25) is 0 Å². The Balaban J connectivity index is 1.48. The molecular formula is C23H22N4O2. The van der Waals surface area contributed by atoms with Gasteiger partial charge in [0.05, 0.1) is 12.4 Å². The van der Waals surface area contributed by atoms with Crippen LogP contribution < -0.4 is 4.74 Å². The van der Waals surface area contributed by atoms with Gasteiger partial charge in [-0.15, -0.1) is 10.2 Å². The molecule has 146 valence electrons. The molecule has 2 aromatic heterocycles. The Kier molecular flexibility index (Phi) is 4.84. The average molecular weight is 386 g/mol. The topological polar surface area (TPSA) is 73.9 Å². The first kappa shape index (κ1) is 18.8. The zero-order valence-electron chi connectivity index (χ0n) is 16.9. The van der Waals surface area contributed by atoms with Gasteiger partial charge in [-0.2, -0.15) is 0 Å². The van der Waals surface area contributed by atoms with Crippen molar-refractivity contribution in [2.75, 3.05) is 0 Å². The van der Waals surface area contributed by atoms with Crippen LogP contribution in [0, 0.1) is 13.8 Å². The van der Waals surface area contributed by atoms with Gasteiger partial charge in [0.15, 0.2) is 0 Å². The lowest BCUT2D eigenvalue weighted by Gasteiger charge is -2.26. The maximum absolute atomic E-state index is 5.82. The van der Waals surface area contributed by atoms with Gasteiger partial charge < -0.3 is 9.15 Å². The number of aryl methyl sites for hydroxylation is 2. The van der Waals surface area contributed by atoms with Crippen molar-refractivity contribution >= 4 is 0 Å². The van der Waals surface area contributed by atoms with E-state index in [-0.39, 0.29) is 5.41 Å². The Bertz CT molecular complexity index is 1100. The largest absolute Gasteiger partial charge is 0.438 e. The number of hydrogen-bond donors (Lipinski definition) is 0. The van der Waals surface area contributed by atoms with Gasteiger partial charge in [-0.05, 0) is 30.2 Å². The number of hydrogen-bond acceptors (Lipinski definition) is 6. The fourth-order valence-electron chi connectivity index (χ4n) is 3.08. The smallest absolute Gasteiger partial charge is 0.267 e. The fraction of sp³-hybridized carbons (Fsp3) is 0.217. The Morgan fingerprint density at radius 2 is 1.45 bits per heavy atom. The van der Waals surface area contributed by atoms with Gasteiger partial charge >= 0.3 is 0 Å². The van der Waals surface area contributed by atoms with Crippen LogP contribution >= 0.6 is 0 Å². The monoisotopic (exact) mass is 386 g/mol. The summed E-state index contributed by atoms with van der Waals surface area (Å²) >= 11 is 0. The van der Waals surface area contributed by atoms with Crippen molar-refractivity contribution < 1.29 is 9.15 Å². The lowest BCUT2D eigenvalue weighted by molar-refractivity contribution is 0.459. The quantitative estimate of drug-likeness (QED) is 0.466. The van der Waals surface area contributed by atoms with E-state index in [0.29, 0.717) is 29.1 Å². The van der Waals surface area contributed by atoms with E-state index in [9.17, 15) is 0 Å². The summed E-state index contributed by atoms with van der Waals surface area (Å²) in [6.45, 7) is 8.26. The minimum Gasteiger partial charge on any atom is -0.438 e. The van der Waals surface area contributed by atoms with Crippen LogP contribution in [0.3, 0.4) is 0 Å². The first-order valence-corrected chi connectivity index (χ1v) is 9.40. The molecule has 6 heteroatoms. The second kappa shape index (κ2) is 7.47. The molecule has 0 spiro atoms. The second-order valence-electron chi connectivity index (χ2n) is 7.48. The zero-order valence-corrected chi connectivity index (χ0v) is 16.9. The average Bonchev–Trinajstić information content (AvgIpc) is 3.16. The molecule has 0 saturated heterocycles. The van der Waals surface area contributed by atoms with Crippen LogP contribution in [0.5, 0.6) is 11.6 Å². The maximum atomic E-state index is 5.82. The molecule has 0 saturated carbocycles. The number of rotatable bonds is 5. The van der Waals surface area contributed by atoms with Gasteiger partial charge in [0.25, 0.3) is 5.89 Å². The molecule has 0 bridgehead atoms. The summed E-state index contributed by atoms with van der Waals surface area (Å²) in [4.78, 5) is 8.55. The van der Waals surface area contributed by atoms with E-state index < -0.39 is 0 Å². The van der Waals surface area contributed by atoms with Crippen molar-refractivity contribution in [1.82, 2.24) is 20.2 Å². The third-order valence-electron chi connectivity index (χ3n) is 4.94. The molecule has 6 nitrogen and oxygen atoms in total. The molecule has 4 aromatic rings. The van der Waals surface area contributed by atoms with Crippen molar-refractivity contribution in [3.63, 3.8) is 0 Å². The summed E-state index contributed by atoms with van der Waals surface area (Å²) in [5, 5.41) is 7.72. The first-order valence-electron chi connectivity index (χ1n) is 9.40. The van der Waals surface area contributed by atoms with Crippen molar-refractivity contribution in [3.8, 4) is 23.2 Å². The van der Waals surface area contributed by atoms with E-state index >= 15 is 0 Å². The standard InChI is InChI=1S/C23H22N4O2/c1-15-5-7-17(8-6-15)23(3,4)18-9-11-19(12-10-18)29-21-14-24-20(13-25-21)22-27-26-16(2)28-22/h5-14H,1-4H3. The molecular weight excluding hydrogens is 364 g/mol. The van der Waals surface area contributed by atoms with Crippen LogP contribution in [0.25, 0.3) is 11.6 Å². The van der Waals surface area contributed by atoms with E-state index in [4.69, 9.17) is 9.15 Å². The molecule has 2 aromatic carbocycles. The molecule has 2 heterocycles. The SMILES string of the molecule is Cc1ccc(C(C)(C)c2ccc(Oc3cnc(-c4nnc(C)o4)cn3)cc2)cc1. The second-order valence-corrected chi connectivity index (χ2v) is 7.48. The van der Waals surface area contributed by atoms with E-state index in [0.717, 1.165) is 0 Å². The molecule has 0 amide bonds. The highest BCUT2D eigenvalue weighted by Crippen LogP contribution is 2.33. The van der Waals surface area contributed by atoms with Crippen LogP contribution in [0.4, 0.5) is 0 Å². The fourth-order valence-corrected chi connectivity index (χ4v) is 3.08. The van der Waals surface area contributed by atoms with Crippen LogP contribution in [-0.4, -0.2) is 20.2 Å². The van der Waals surface area contributed by atoms with Crippen molar-refractivity contribution in [2.24, 2.45) is 0 Å². The molecule has 0 aliphatic rings. The third-order valence-corrected chi connectivity index (χ3v) is 4.94. The summed E-state index contributed by atoms with van der Waals surface area (Å²) < 4.78 is 11.2. The minimum absolute atomic E-state index is 0.101. The van der Waals surface area contributed by atoms with Crippen molar-refractivity contribution in [1.29, 1.82) is 0 Å². The third kappa shape index (κ3) is 4.01. The molecule has 0 fully saturated rings. The lowest BCUT2D eigenvalue weighted by Crippen LogP contribution is -2.18. The summed E-state index contributed by atoms with van der Waals surface area (Å²) in [6.07, 6.45) is 3.09. The summed E-state index contributed by atoms with van der Waals surface area (Å²) in [6, 6.07) is 16.7. The number of ether oxygens (including phenoxy) is 1. The van der Waals surface area contributed by atoms with E-state index in [1.165, 1.54) is 16.7 Å². The Hall–Kier alpha value is -3.54. The number of benzene rings is 2. The van der Waals surface area contributed by atoms with E-state index in [1.54, 1.807) is 19.3 Å². The molecule has 4 rings (SSSR count). The normalized spacial score (nSPS) is 11.4. The highest BCUT2D eigenvalue weighted by Gasteiger charge is 2.23. The predicted octanol–water partition coefficient (Wildman–Crippen LogP) is 5.26. The minimum atomic E-state index is -0.101. The van der Waals surface area contributed by atoms with Crippen LogP contribution in [0.2, 0.25) is 0 Å². The zero-order chi connectivity index (χ0) is 20.4. The molecule has 0 aliphatic carbocycles. The number of nitrogens with zero attached hydrogens (tertiary/aromatic N) is 4. The van der Waals surface area contributed by atoms with Gasteiger partial charge in [0.2, 0.25) is 11.8 Å². The van der Waals surface area contributed by atoms with Crippen LogP contribution in [0.1, 0.15) is 36.4 Å². The predicted molar refractivity (Wildman–Crippen MR) is 110 cm³/mol. The van der Waals surface area contributed by atoms with Crippen molar-refractivity contribution in [3.05, 3.63) is 83.5 Å². The van der Waals surface area contributed by atoms with Gasteiger partial charge in [-0.1, -0.05) is 55.8 Å². The summed E-state index contributed by atoms with van der Waals surface area (Å²) in [5.74, 6) is 1.92. The Morgan fingerprint density at radius 1 is 0.793 bits per heavy atom.